The maximum atomic E-state index is 14.2. The highest BCUT2D eigenvalue weighted by Crippen LogP contribution is 2.39. The lowest BCUT2D eigenvalue weighted by molar-refractivity contribution is 0.385. The number of methoxy groups -OCH3 is 1. The molecule has 0 unspecified atom stereocenters. The van der Waals surface area contributed by atoms with Gasteiger partial charge in [-0.25, -0.2) is 22.8 Å². The number of thiazole rings is 1. The quantitative estimate of drug-likeness (QED) is 0.262. The van der Waals surface area contributed by atoms with E-state index in [-0.39, 0.29) is 28.4 Å². The second-order valence-corrected chi connectivity index (χ2v) is 13.7. The SMILES string of the molecule is COc1ccc(S(=O)(=O)C[C@@H]2CC[C@H](Nc3nc(NC4CC4)nc(C)c3-c3nc4c(C)nccc4s3)C2)cc1F. The number of hydrogen-bond acceptors (Lipinski definition) is 10. The lowest BCUT2D eigenvalue weighted by Gasteiger charge is -2.18. The summed E-state index contributed by atoms with van der Waals surface area (Å²) in [6.07, 6.45) is 6.20. The van der Waals surface area contributed by atoms with Gasteiger partial charge in [0.05, 0.1) is 39.4 Å². The van der Waals surface area contributed by atoms with Crippen LogP contribution in [0.5, 0.6) is 5.75 Å². The maximum absolute atomic E-state index is 14.2. The van der Waals surface area contributed by atoms with E-state index in [4.69, 9.17) is 19.7 Å². The topological polar surface area (TPSA) is 119 Å². The van der Waals surface area contributed by atoms with Gasteiger partial charge < -0.3 is 15.4 Å². The summed E-state index contributed by atoms with van der Waals surface area (Å²) in [6, 6.07) is 6.20. The number of aryl methyl sites for hydroxylation is 2. The van der Waals surface area contributed by atoms with Crippen LogP contribution in [0.3, 0.4) is 0 Å². The smallest absolute Gasteiger partial charge is 0.225 e. The molecule has 3 heterocycles. The van der Waals surface area contributed by atoms with Gasteiger partial charge in [-0.05, 0) is 76.1 Å². The van der Waals surface area contributed by atoms with Crippen molar-refractivity contribution in [3.63, 3.8) is 0 Å². The molecule has 2 atom stereocenters. The van der Waals surface area contributed by atoms with Crippen molar-refractivity contribution in [2.75, 3.05) is 23.5 Å². The minimum absolute atomic E-state index is 0.0210. The van der Waals surface area contributed by atoms with Crippen LogP contribution >= 0.6 is 11.3 Å². The lowest BCUT2D eigenvalue weighted by Crippen LogP contribution is -2.21. The standard InChI is InChI=1S/C28H31FN6O3S2/c1-15-24(27-34-25-16(2)30-11-10-23(25)39-27)26(35-28(31-15)33-18-6-7-18)32-19-5-4-17(12-19)14-40(36,37)20-8-9-22(38-3)21(29)13-20/h8-11,13,17-19H,4-7,12,14H2,1-3H3,(H2,31,32,33,35)/t17-,19+/m1/s1. The molecule has 40 heavy (non-hydrogen) atoms. The van der Waals surface area contributed by atoms with E-state index in [0.717, 1.165) is 63.9 Å². The third kappa shape index (κ3) is 5.46. The molecule has 0 amide bonds. The molecule has 0 bridgehead atoms. The van der Waals surface area contributed by atoms with Crippen LogP contribution in [-0.4, -0.2) is 53.3 Å². The van der Waals surface area contributed by atoms with Gasteiger partial charge in [-0.3, -0.25) is 4.98 Å². The molecule has 2 N–H and O–H groups in total. The first-order chi connectivity index (χ1) is 19.2. The first-order valence-corrected chi connectivity index (χ1v) is 15.9. The molecule has 2 aliphatic carbocycles. The summed E-state index contributed by atoms with van der Waals surface area (Å²) >= 11 is 1.58. The van der Waals surface area contributed by atoms with Crippen LogP contribution in [0.25, 0.3) is 20.8 Å². The second-order valence-electron chi connectivity index (χ2n) is 10.6. The van der Waals surface area contributed by atoms with Gasteiger partial charge in [-0.15, -0.1) is 11.3 Å². The minimum Gasteiger partial charge on any atom is -0.494 e. The van der Waals surface area contributed by atoms with E-state index in [9.17, 15) is 12.8 Å². The Morgan fingerprint density at radius 3 is 2.55 bits per heavy atom. The Morgan fingerprint density at radius 2 is 1.82 bits per heavy atom. The Morgan fingerprint density at radius 1 is 1.02 bits per heavy atom. The van der Waals surface area contributed by atoms with Crippen molar-refractivity contribution in [3.8, 4) is 16.3 Å². The summed E-state index contributed by atoms with van der Waals surface area (Å²) in [7, 11) is -2.30. The van der Waals surface area contributed by atoms with Crippen molar-refractivity contribution in [1.82, 2.24) is 19.9 Å². The van der Waals surface area contributed by atoms with Gasteiger partial charge in [-0.1, -0.05) is 0 Å². The number of ether oxygens (including phenoxy) is 1. The molecule has 4 aromatic rings. The number of sulfone groups is 1. The summed E-state index contributed by atoms with van der Waals surface area (Å²) in [5, 5.41) is 7.83. The number of anilines is 2. The number of rotatable bonds is 9. The molecule has 0 spiro atoms. The zero-order valence-corrected chi connectivity index (χ0v) is 24.2. The average molecular weight is 583 g/mol. The van der Waals surface area contributed by atoms with Crippen molar-refractivity contribution in [2.24, 2.45) is 5.92 Å². The third-order valence-electron chi connectivity index (χ3n) is 7.52. The van der Waals surface area contributed by atoms with Gasteiger partial charge in [0.15, 0.2) is 21.4 Å². The van der Waals surface area contributed by atoms with Crippen LogP contribution < -0.4 is 15.4 Å². The van der Waals surface area contributed by atoms with E-state index < -0.39 is 15.7 Å². The van der Waals surface area contributed by atoms with Crippen molar-refractivity contribution in [2.45, 2.75) is 62.9 Å². The highest BCUT2D eigenvalue weighted by Gasteiger charge is 2.32. The number of benzene rings is 1. The monoisotopic (exact) mass is 582 g/mol. The summed E-state index contributed by atoms with van der Waals surface area (Å²) in [6.45, 7) is 3.92. The molecule has 6 rings (SSSR count). The Bertz CT molecular complexity index is 1690. The molecule has 2 saturated carbocycles. The number of pyridine rings is 1. The number of hydrogen-bond donors (Lipinski definition) is 2. The fourth-order valence-corrected chi connectivity index (χ4v) is 8.08. The minimum atomic E-state index is -3.65. The molecular weight excluding hydrogens is 551 g/mol. The van der Waals surface area contributed by atoms with Crippen LogP contribution in [0.1, 0.15) is 43.5 Å². The largest absolute Gasteiger partial charge is 0.494 e. The van der Waals surface area contributed by atoms with Crippen molar-refractivity contribution in [3.05, 3.63) is 47.7 Å². The summed E-state index contributed by atoms with van der Waals surface area (Å²) in [5.41, 5.74) is 3.42. The normalized spacial score (nSPS) is 19.2. The van der Waals surface area contributed by atoms with Gasteiger partial charge in [-0.2, -0.15) is 4.98 Å². The Labute approximate surface area is 236 Å². The average Bonchev–Trinajstić information content (AvgIpc) is 3.43. The van der Waals surface area contributed by atoms with E-state index >= 15 is 0 Å². The Kier molecular flexibility index (Phi) is 7.07. The van der Waals surface area contributed by atoms with E-state index in [1.54, 1.807) is 17.5 Å². The van der Waals surface area contributed by atoms with Gasteiger partial charge in [0, 0.05) is 18.3 Å². The van der Waals surface area contributed by atoms with Gasteiger partial charge in [0.25, 0.3) is 0 Å². The van der Waals surface area contributed by atoms with E-state index in [1.165, 1.54) is 19.2 Å². The summed E-state index contributed by atoms with van der Waals surface area (Å²) < 4.78 is 46.3. The van der Waals surface area contributed by atoms with Crippen LogP contribution in [0.4, 0.5) is 16.2 Å². The molecule has 0 radical (unpaired) electrons. The van der Waals surface area contributed by atoms with Crippen molar-refractivity contribution >= 4 is 43.2 Å². The highest BCUT2D eigenvalue weighted by molar-refractivity contribution is 7.91. The van der Waals surface area contributed by atoms with Gasteiger partial charge in [0.2, 0.25) is 5.95 Å². The molecule has 2 aliphatic rings. The molecule has 9 nitrogen and oxygen atoms in total. The number of nitrogens with zero attached hydrogens (tertiary/aromatic N) is 4. The van der Waals surface area contributed by atoms with Gasteiger partial charge in [0.1, 0.15) is 16.3 Å². The fraction of sp³-hybridized carbons (Fsp3) is 0.429. The predicted molar refractivity (Wildman–Crippen MR) is 154 cm³/mol. The van der Waals surface area contributed by atoms with E-state index in [2.05, 4.69) is 15.6 Å². The number of aromatic nitrogens is 4. The van der Waals surface area contributed by atoms with Crippen LogP contribution in [0.2, 0.25) is 0 Å². The fourth-order valence-electron chi connectivity index (χ4n) is 5.30. The zero-order chi connectivity index (χ0) is 28.0. The van der Waals surface area contributed by atoms with Crippen LogP contribution in [-0.2, 0) is 9.84 Å². The summed E-state index contributed by atoms with van der Waals surface area (Å²) in [5.74, 6) is 0.535. The Balaban J connectivity index is 1.24. The molecule has 1 aromatic carbocycles. The van der Waals surface area contributed by atoms with Crippen LogP contribution in [0.15, 0.2) is 35.4 Å². The molecule has 2 fully saturated rings. The lowest BCUT2D eigenvalue weighted by atomic mass is 10.1. The molecule has 0 aliphatic heterocycles. The first-order valence-electron chi connectivity index (χ1n) is 13.4. The van der Waals surface area contributed by atoms with Crippen molar-refractivity contribution < 1.29 is 17.5 Å². The van der Waals surface area contributed by atoms with Crippen molar-refractivity contribution in [1.29, 1.82) is 0 Å². The van der Waals surface area contributed by atoms with Crippen LogP contribution in [0, 0.1) is 25.6 Å². The zero-order valence-electron chi connectivity index (χ0n) is 22.6. The molecule has 210 valence electrons. The Hall–Kier alpha value is -3.38. The number of halogens is 1. The van der Waals surface area contributed by atoms with Gasteiger partial charge >= 0.3 is 0 Å². The first kappa shape index (κ1) is 26.8. The maximum Gasteiger partial charge on any atom is 0.225 e. The van der Waals surface area contributed by atoms with E-state index in [1.807, 2.05) is 19.9 Å². The molecular formula is C28H31FN6O3S2. The molecule has 3 aromatic heterocycles. The number of fused-ring (bicyclic) bond motifs is 1. The molecule has 12 heteroatoms. The third-order valence-corrected chi connectivity index (χ3v) is 10.4. The molecule has 0 saturated heterocycles. The predicted octanol–water partition coefficient (Wildman–Crippen LogP) is 5.54. The number of nitrogens with one attached hydrogen (secondary N) is 2. The second kappa shape index (κ2) is 10.5. The summed E-state index contributed by atoms with van der Waals surface area (Å²) in [4.78, 5) is 18.9. The van der Waals surface area contributed by atoms with E-state index in [0.29, 0.717) is 24.2 Å². The highest BCUT2D eigenvalue weighted by atomic mass is 32.2.